The molecule has 1 aromatic heterocycles. The van der Waals surface area contributed by atoms with E-state index in [9.17, 15) is 20.1 Å². The van der Waals surface area contributed by atoms with Crippen molar-refractivity contribution in [2.24, 2.45) is 56.6 Å². The predicted octanol–water partition coefficient (Wildman–Crippen LogP) is 6.89. The first-order valence-electron chi connectivity index (χ1n) is 15.2. The molecule has 212 valence electrons. The van der Waals surface area contributed by atoms with Gasteiger partial charge in [-0.3, -0.25) is 4.79 Å². The minimum Gasteiger partial charge on any atom is -0.493 e. The van der Waals surface area contributed by atoms with Crippen LogP contribution in [0.25, 0.3) is 10.9 Å². The van der Waals surface area contributed by atoms with E-state index in [0.717, 1.165) is 49.4 Å². The molecule has 7 nitrogen and oxygen atoms in total. The number of aromatic amines is 1. The molecule has 6 rings (SSSR count). The smallest absolute Gasteiger partial charge is 0.264 e. The summed E-state index contributed by atoms with van der Waals surface area (Å²) in [6.45, 7) is 7.22. The highest BCUT2D eigenvalue weighted by Crippen LogP contribution is 2.68. The summed E-state index contributed by atoms with van der Waals surface area (Å²) >= 11 is 0. The number of aromatic hydroxyl groups is 1. The van der Waals surface area contributed by atoms with Crippen LogP contribution >= 0.6 is 0 Å². The standard InChI is InChI=1S/C32H45N3O4/c1-18(8-11-27(38)34-35-29-21-6-4-5-7-25(21)33-30(29)39)22-9-10-23-28-24(13-15-32(22,23)3)31(2)14-12-20(36)16-19(31)17-26(28)37/h4-7,18-20,22-24,26,28,33,36-37,39H,8-17H2,1-3H3/t18-,19-,20-,22+,23-,24-,26+,28-,31-,32+/m0/s1. The van der Waals surface area contributed by atoms with Gasteiger partial charge in [-0.1, -0.05) is 39.0 Å². The molecule has 1 amide bonds. The maximum absolute atomic E-state index is 12.7. The number of hydrogen-bond donors (Lipinski definition) is 4. The third kappa shape index (κ3) is 4.44. The fourth-order valence-corrected chi connectivity index (χ4v) is 10.1. The first kappa shape index (κ1) is 26.9. The highest BCUT2D eigenvalue weighted by atomic mass is 16.3. The molecule has 0 aliphatic heterocycles. The molecule has 4 saturated carbocycles. The van der Waals surface area contributed by atoms with Crippen molar-refractivity contribution in [1.82, 2.24) is 4.98 Å². The van der Waals surface area contributed by atoms with Gasteiger partial charge in [0.2, 0.25) is 5.88 Å². The average molecular weight is 536 g/mol. The third-order valence-electron chi connectivity index (χ3n) is 12.2. The van der Waals surface area contributed by atoms with Gasteiger partial charge in [0, 0.05) is 11.8 Å². The molecule has 39 heavy (non-hydrogen) atoms. The number of aromatic nitrogens is 1. The van der Waals surface area contributed by atoms with Gasteiger partial charge < -0.3 is 20.3 Å². The van der Waals surface area contributed by atoms with E-state index >= 15 is 0 Å². The summed E-state index contributed by atoms with van der Waals surface area (Å²) in [4.78, 5) is 15.6. The first-order valence-corrected chi connectivity index (χ1v) is 15.2. The van der Waals surface area contributed by atoms with Crippen LogP contribution in [-0.4, -0.2) is 38.4 Å². The number of amides is 1. The van der Waals surface area contributed by atoms with Crippen molar-refractivity contribution in [3.8, 4) is 5.88 Å². The molecule has 7 heteroatoms. The van der Waals surface area contributed by atoms with Crippen molar-refractivity contribution in [1.29, 1.82) is 0 Å². The monoisotopic (exact) mass is 535 g/mol. The lowest BCUT2D eigenvalue weighted by Crippen LogP contribution is -2.58. The largest absolute Gasteiger partial charge is 0.493 e. The fourth-order valence-electron chi connectivity index (χ4n) is 10.1. The number of aliphatic hydroxyl groups is 2. The summed E-state index contributed by atoms with van der Waals surface area (Å²) in [5.41, 5.74) is 1.51. The lowest BCUT2D eigenvalue weighted by Gasteiger charge is -2.62. The maximum atomic E-state index is 12.7. The number of nitrogens with one attached hydrogen (secondary N) is 1. The van der Waals surface area contributed by atoms with E-state index in [4.69, 9.17) is 0 Å². The van der Waals surface area contributed by atoms with Crippen LogP contribution in [0.3, 0.4) is 0 Å². The number of carbonyl (C=O) groups excluding carboxylic acids is 1. The molecule has 0 unspecified atom stereocenters. The van der Waals surface area contributed by atoms with Crippen LogP contribution in [0.4, 0.5) is 5.69 Å². The van der Waals surface area contributed by atoms with Gasteiger partial charge in [-0.15, -0.1) is 10.2 Å². The molecule has 0 spiro atoms. The molecule has 0 saturated heterocycles. The Bertz CT molecular complexity index is 1260. The Morgan fingerprint density at radius 3 is 2.62 bits per heavy atom. The van der Waals surface area contributed by atoms with Crippen LogP contribution in [0, 0.1) is 46.3 Å². The molecule has 4 fully saturated rings. The van der Waals surface area contributed by atoms with Gasteiger partial charge in [0.15, 0.2) is 5.69 Å². The molecule has 10 atom stereocenters. The third-order valence-corrected chi connectivity index (χ3v) is 12.2. The number of rotatable bonds is 5. The average Bonchev–Trinajstić information content (AvgIpc) is 3.42. The molecule has 4 aliphatic carbocycles. The van der Waals surface area contributed by atoms with E-state index in [1.165, 1.54) is 19.3 Å². The number of azo groups is 1. The second-order valence-corrected chi connectivity index (χ2v) is 13.9. The van der Waals surface area contributed by atoms with E-state index in [1.54, 1.807) is 0 Å². The number of carbonyl (C=O) groups is 1. The zero-order chi connectivity index (χ0) is 27.5. The van der Waals surface area contributed by atoms with Crippen LogP contribution in [0.15, 0.2) is 34.5 Å². The molecule has 2 aromatic rings. The van der Waals surface area contributed by atoms with Crippen molar-refractivity contribution in [2.75, 3.05) is 0 Å². The minimum absolute atomic E-state index is 0.0730. The van der Waals surface area contributed by atoms with Gasteiger partial charge in [-0.05, 0) is 110 Å². The van der Waals surface area contributed by atoms with Crippen molar-refractivity contribution in [3.05, 3.63) is 24.3 Å². The second kappa shape index (κ2) is 9.99. The molecule has 0 bridgehead atoms. The zero-order valence-corrected chi connectivity index (χ0v) is 23.6. The van der Waals surface area contributed by atoms with Crippen LogP contribution in [0.1, 0.15) is 85.0 Å². The Labute approximate surface area is 231 Å². The Kier molecular flexibility index (Phi) is 6.90. The number of H-pyrrole nitrogens is 1. The second-order valence-electron chi connectivity index (χ2n) is 13.9. The molecule has 0 radical (unpaired) electrons. The SMILES string of the molecule is C[C@@H](CCC(=O)N=Nc1c(O)[nH]c2ccccc12)[C@H]1CC[C@H]2[C@@H]3[C@H](O)C[C@@H]4C[C@@H](O)CC[C@]4(C)[C@H]3CC[C@]12C. The highest BCUT2D eigenvalue weighted by molar-refractivity contribution is 5.94. The van der Waals surface area contributed by atoms with Gasteiger partial charge in [0.1, 0.15) is 0 Å². The molecule has 4 N–H and O–H groups in total. The Hall–Kier alpha value is -2.25. The summed E-state index contributed by atoms with van der Waals surface area (Å²) in [5, 5.41) is 40.8. The number of aliphatic hydroxyl groups excluding tert-OH is 2. The highest BCUT2D eigenvalue weighted by Gasteiger charge is 2.62. The summed E-state index contributed by atoms with van der Waals surface area (Å²) in [6.07, 6.45) is 9.03. The zero-order valence-electron chi connectivity index (χ0n) is 23.6. The number of fused-ring (bicyclic) bond motifs is 6. The summed E-state index contributed by atoms with van der Waals surface area (Å²) in [7, 11) is 0. The van der Waals surface area contributed by atoms with Gasteiger partial charge in [-0.2, -0.15) is 0 Å². The molecule has 1 heterocycles. The van der Waals surface area contributed by atoms with Crippen LogP contribution in [-0.2, 0) is 4.79 Å². The molecular weight excluding hydrogens is 490 g/mol. The summed E-state index contributed by atoms with van der Waals surface area (Å²) < 4.78 is 0. The number of benzene rings is 1. The molecular formula is C32H45N3O4. The predicted molar refractivity (Wildman–Crippen MR) is 150 cm³/mol. The Balaban J connectivity index is 1.11. The van der Waals surface area contributed by atoms with E-state index in [1.807, 2.05) is 24.3 Å². The lowest BCUT2D eigenvalue weighted by molar-refractivity contribution is -0.174. The van der Waals surface area contributed by atoms with Crippen LogP contribution < -0.4 is 0 Å². The number of para-hydroxylation sites is 1. The molecule has 1 aromatic carbocycles. The lowest BCUT2D eigenvalue weighted by atomic mass is 9.43. The van der Waals surface area contributed by atoms with Crippen molar-refractivity contribution in [3.63, 3.8) is 0 Å². The Morgan fingerprint density at radius 1 is 1.05 bits per heavy atom. The van der Waals surface area contributed by atoms with E-state index in [-0.39, 0.29) is 34.8 Å². The summed E-state index contributed by atoms with van der Waals surface area (Å²) in [6, 6.07) is 7.44. The van der Waals surface area contributed by atoms with E-state index < -0.39 is 0 Å². The normalized spacial score (nSPS) is 40.8. The van der Waals surface area contributed by atoms with E-state index in [2.05, 4.69) is 36.0 Å². The maximum Gasteiger partial charge on any atom is 0.264 e. The van der Waals surface area contributed by atoms with E-state index in [0.29, 0.717) is 47.6 Å². The van der Waals surface area contributed by atoms with Crippen LogP contribution in [0.5, 0.6) is 5.88 Å². The Morgan fingerprint density at radius 2 is 1.79 bits per heavy atom. The fraction of sp³-hybridized carbons (Fsp3) is 0.719. The van der Waals surface area contributed by atoms with Gasteiger partial charge in [-0.25, -0.2) is 0 Å². The van der Waals surface area contributed by atoms with Gasteiger partial charge >= 0.3 is 0 Å². The quantitative estimate of drug-likeness (QED) is 0.312. The van der Waals surface area contributed by atoms with Gasteiger partial charge in [0.05, 0.1) is 17.7 Å². The van der Waals surface area contributed by atoms with Crippen molar-refractivity contribution < 1.29 is 20.1 Å². The summed E-state index contributed by atoms with van der Waals surface area (Å²) in [5.74, 6) is 2.48. The minimum atomic E-state index is -0.264. The number of hydrogen-bond acceptors (Lipinski definition) is 5. The van der Waals surface area contributed by atoms with Crippen molar-refractivity contribution in [2.45, 2.75) is 97.2 Å². The van der Waals surface area contributed by atoms with Crippen LogP contribution in [0.2, 0.25) is 0 Å². The molecule has 4 aliphatic rings. The first-order chi connectivity index (χ1) is 18.6. The topological polar surface area (TPSA) is 118 Å². The van der Waals surface area contributed by atoms with Gasteiger partial charge in [0.25, 0.3) is 5.91 Å². The number of nitrogens with zero attached hydrogens (tertiary/aromatic N) is 2. The van der Waals surface area contributed by atoms with Crippen molar-refractivity contribution >= 4 is 22.5 Å².